The Morgan fingerprint density at radius 2 is 2.04 bits per heavy atom. The molecule has 0 aromatic heterocycles. The van der Waals surface area contributed by atoms with Gasteiger partial charge >= 0.3 is 5.97 Å². The van der Waals surface area contributed by atoms with Crippen LogP contribution in [0.2, 0.25) is 0 Å². The number of ether oxygens (including phenoxy) is 2. The summed E-state index contributed by atoms with van der Waals surface area (Å²) >= 11 is 0. The summed E-state index contributed by atoms with van der Waals surface area (Å²) in [5.41, 5.74) is 1.73. The van der Waals surface area contributed by atoms with Gasteiger partial charge in [0.2, 0.25) is 0 Å². The standard InChI is InChI=1S/C18H23NO4/c1-3-23-18(21)15-5-4-10-19(15)17(20)13-8-9-16(22-2)14(11-13)12-6-7-12/h8-9,11-12,15H,3-7,10H2,1-2H3/t15-/m1/s1. The Kier molecular flexibility index (Phi) is 4.55. The molecule has 1 saturated carbocycles. The number of nitrogens with zero attached hydrogens (tertiary/aromatic N) is 1. The number of hydrogen-bond acceptors (Lipinski definition) is 4. The topological polar surface area (TPSA) is 55.8 Å². The van der Waals surface area contributed by atoms with Gasteiger partial charge < -0.3 is 14.4 Å². The second-order valence-electron chi connectivity index (χ2n) is 6.14. The molecule has 0 spiro atoms. The van der Waals surface area contributed by atoms with Gasteiger partial charge in [-0.3, -0.25) is 4.79 Å². The highest BCUT2D eigenvalue weighted by Crippen LogP contribution is 2.44. The van der Waals surface area contributed by atoms with Gasteiger partial charge in [0.15, 0.2) is 0 Å². The van der Waals surface area contributed by atoms with Crippen LogP contribution in [0.5, 0.6) is 5.75 Å². The quantitative estimate of drug-likeness (QED) is 0.784. The van der Waals surface area contributed by atoms with Gasteiger partial charge in [-0.25, -0.2) is 4.79 Å². The first kappa shape index (κ1) is 15.8. The van der Waals surface area contributed by atoms with Crippen molar-refractivity contribution >= 4 is 11.9 Å². The molecule has 5 heteroatoms. The van der Waals surface area contributed by atoms with Crippen LogP contribution in [0.15, 0.2) is 18.2 Å². The van der Waals surface area contributed by atoms with E-state index in [0.29, 0.717) is 31.1 Å². The summed E-state index contributed by atoms with van der Waals surface area (Å²) in [6.45, 7) is 2.73. The fraction of sp³-hybridized carbons (Fsp3) is 0.556. The van der Waals surface area contributed by atoms with Crippen molar-refractivity contribution < 1.29 is 19.1 Å². The van der Waals surface area contributed by atoms with Crippen molar-refractivity contribution in [3.05, 3.63) is 29.3 Å². The second kappa shape index (κ2) is 6.60. The predicted octanol–water partition coefficient (Wildman–Crippen LogP) is 2.74. The van der Waals surface area contributed by atoms with Gasteiger partial charge in [-0.15, -0.1) is 0 Å². The summed E-state index contributed by atoms with van der Waals surface area (Å²) in [6, 6.07) is 5.12. The molecule has 1 aliphatic heterocycles. The Hall–Kier alpha value is -2.04. The average molecular weight is 317 g/mol. The number of likely N-dealkylation sites (tertiary alicyclic amines) is 1. The zero-order valence-electron chi connectivity index (χ0n) is 13.7. The molecule has 1 heterocycles. The Morgan fingerprint density at radius 1 is 1.26 bits per heavy atom. The zero-order chi connectivity index (χ0) is 16.4. The van der Waals surface area contributed by atoms with Gasteiger partial charge in [0.1, 0.15) is 11.8 Å². The Morgan fingerprint density at radius 3 is 2.70 bits per heavy atom. The van der Waals surface area contributed by atoms with Crippen LogP contribution in [0.1, 0.15) is 54.4 Å². The van der Waals surface area contributed by atoms with E-state index in [1.807, 2.05) is 12.1 Å². The maximum Gasteiger partial charge on any atom is 0.328 e. The van der Waals surface area contributed by atoms with Crippen LogP contribution in [0.3, 0.4) is 0 Å². The molecule has 124 valence electrons. The van der Waals surface area contributed by atoms with E-state index in [-0.39, 0.29) is 11.9 Å². The number of methoxy groups -OCH3 is 1. The Labute approximate surface area is 136 Å². The molecule has 3 rings (SSSR count). The molecule has 23 heavy (non-hydrogen) atoms. The monoisotopic (exact) mass is 317 g/mol. The third-order valence-electron chi connectivity index (χ3n) is 4.57. The highest BCUT2D eigenvalue weighted by Gasteiger charge is 2.36. The lowest BCUT2D eigenvalue weighted by atomic mass is 10.0. The molecule has 1 saturated heterocycles. The Balaban J connectivity index is 1.82. The number of carbonyl (C=O) groups is 2. The molecule has 0 bridgehead atoms. The SMILES string of the molecule is CCOC(=O)[C@H]1CCCN1C(=O)c1ccc(OC)c(C2CC2)c1. The van der Waals surface area contributed by atoms with Gasteiger partial charge in [-0.1, -0.05) is 0 Å². The van der Waals surface area contributed by atoms with Gasteiger partial charge in [-0.05, 0) is 62.3 Å². The van der Waals surface area contributed by atoms with Crippen molar-refractivity contribution in [2.75, 3.05) is 20.3 Å². The van der Waals surface area contributed by atoms with Crippen LogP contribution < -0.4 is 4.74 Å². The summed E-state index contributed by atoms with van der Waals surface area (Å²) in [4.78, 5) is 26.5. The van der Waals surface area contributed by atoms with E-state index in [0.717, 1.165) is 30.6 Å². The fourth-order valence-corrected chi connectivity index (χ4v) is 3.24. The molecule has 0 radical (unpaired) electrons. The molecule has 1 aromatic rings. The van der Waals surface area contributed by atoms with Gasteiger partial charge in [0.25, 0.3) is 5.91 Å². The minimum atomic E-state index is -0.450. The first-order valence-electron chi connectivity index (χ1n) is 8.31. The van der Waals surface area contributed by atoms with E-state index in [2.05, 4.69) is 0 Å². The molecule has 2 fully saturated rings. The molecule has 1 atom stereocenters. The number of carbonyl (C=O) groups excluding carboxylic acids is 2. The average Bonchev–Trinajstić information content (AvgIpc) is 3.30. The van der Waals surface area contributed by atoms with Crippen molar-refractivity contribution in [2.24, 2.45) is 0 Å². The minimum Gasteiger partial charge on any atom is -0.496 e. The molecular weight excluding hydrogens is 294 g/mol. The zero-order valence-corrected chi connectivity index (χ0v) is 13.7. The summed E-state index contributed by atoms with van der Waals surface area (Å²) in [7, 11) is 1.65. The number of benzene rings is 1. The van der Waals surface area contributed by atoms with Crippen molar-refractivity contribution in [2.45, 2.75) is 44.6 Å². The van der Waals surface area contributed by atoms with Crippen LogP contribution in [-0.4, -0.2) is 43.1 Å². The van der Waals surface area contributed by atoms with Crippen LogP contribution in [0.4, 0.5) is 0 Å². The van der Waals surface area contributed by atoms with Gasteiger partial charge in [0.05, 0.1) is 13.7 Å². The number of rotatable bonds is 5. The molecule has 0 unspecified atom stereocenters. The molecular formula is C18H23NO4. The summed E-state index contributed by atoms with van der Waals surface area (Å²) in [5, 5.41) is 0. The van der Waals surface area contributed by atoms with Crippen LogP contribution >= 0.6 is 0 Å². The largest absolute Gasteiger partial charge is 0.496 e. The summed E-state index contributed by atoms with van der Waals surface area (Å²) < 4.78 is 10.5. The van der Waals surface area contributed by atoms with Crippen LogP contribution in [0, 0.1) is 0 Å². The number of amides is 1. The first-order valence-corrected chi connectivity index (χ1v) is 8.31. The molecule has 1 aliphatic carbocycles. The highest BCUT2D eigenvalue weighted by atomic mass is 16.5. The molecule has 0 N–H and O–H groups in total. The van der Waals surface area contributed by atoms with E-state index < -0.39 is 6.04 Å². The maximum absolute atomic E-state index is 12.8. The van der Waals surface area contributed by atoms with Gasteiger partial charge in [-0.2, -0.15) is 0 Å². The molecule has 1 aromatic carbocycles. The summed E-state index contributed by atoms with van der Waals surface area (Å²) in [6.07, 6.45) is 3.80. The normalized spacial score (nSPS) is 20.4. The van der Waals surface area contributed by atoms with Crippen molar-refractivity contribution in [3.8, 4) is 5.75 Å². The Bertz CT molecular complexity index is 609. The lowest BCUT2D eigenvalue weighted by Crippen LogP contribution is -2.41. The van der Waals surface area contributed by atoms with E-state index >= 15 is 0 Å². The van der Waals surface area contributed by atoms with E-state index in [9.17, 15) is 9.59 Å². The molecule has 1 amide bonds. The van der Waals surface area contributed by atoms with Crippen LogP contribution in [-0.2, 0) is 9.53 Å². The third kappa shape index (κ3) is 3.19. The van der Waals surface area contributed by atoms with Gasteiger partial charge in [0, 0.05) is 12.1 Å². The predicted molar refractivity (Wildman–Crippen MR) is 85.7 cm³/mol. The minimum absolute atomic E-state index is 0.0925. The van der Waals surface area contributed by atoms with Crippen LogP contribution in [0.25, 0.3) is 0 Å². The number of esters is 1. The van der Waals surface area contributed by atoms with E-state index in [4.69, 9.17) is 9.47 Å². The van der Waals surface area contributed by atoms with E-state index in [1.54, 1.807) is 25.0 Å². The van der Waals surface area contributed by atoms with E-state index in [1.165, 1.54) is 0 Å². The highest BCUT2D eigenvalue weighted by molar-refractivity contribution is 5.97. The second-order valence-corrected chi connectivity index (χ2v) is 6.14. The maximum atomic E-state index is 12.8. The van der Waals surface area contributed by atoms with Crippen molar-refractivity contribution in [3.63, 3.8) is 0 Å². The first-order chi connectivity index (χ1) is 11.2. The van der Waals surface area contributed by atoms with Crippen molar-refractivity contribution in [1.82, 2.24) is 4.90 Å². The third-order valence-corrected chi connectivity index (χ3v) is 4.57. The number of hydrogen-bond donors (Lipinski definition) is 0. The fourth-order valence-electron chi connectivity index (χ4n) is 3.24. The lowest BCUT2D eigenvalue weighted by molar-refractivity contribution is -0.147. The molecule has 5 nitrogen and oxygen atoms in total. The lowest BCUT2D eigenvalue weighted by Gasteiger charge is -2.23. The summed E-state index contributed by atoms with van der Waals surface area (Å²) in [5.74, 6) is 0.948. The molecule has 2 aliphatic rings. The van der Waals surface area contributed by atoms with Crippen molar-refractivity contribution in [1.29, 1.82) is 0 Å². The smallest absolute Gasteiger partial charge is 0.328 e.